The van der Waals surface area contributed by atoms with Crippen molar-refractivity contribution in [2.75, 3.05) is 24.5 Å². The van der Waals surface area contributed by atoms with Gasteiger partial charge in [-0.3, -0.25) is 0 Å². The van der Waals surface area contributed by atoms with E-state index in [-0.39, 0.29) is 6.10 Å². The van der Waals surface area contributed by atoms with Gasteiger partial charge in [-0.1, -0.05) is 13.0 Å². The molecule has 3 atom stereocenters. The standard InChI is InChI=1S/C15H25N3O/c1-4-16-11(2)13-5-6-15(17-9-13)18-8-7-14(10-18)12(3)19/h5-6,9,11-12,14,16,19H,4,7-8,10H2,1-3H3. The summed E-state index contributed by atoms with van der Waals surface area (Å²) < 4.78 is 0. The fourth-order valence-corrected chi connectivity index (χ4v) is 2.65. The van der Waals surface area contributed by atoms with Crippen LogP contribution in [0.25, 0.3) is 0 Å². The number of aliphatic hydroxyl groups is 1. The van der Waals surface area contributed by atoms with Gasteiger partial charge in [-0.15, -0.1) is 0 Å². The highest BCUT2D eigenvalue weighted by Crippen LogP contribution is 2.25. The molecule has 0 bridgehead atoms. The molecule has 4 nitrogen and oxygen atoms in total. The molecule has 19 heavy (non-hydrogen) atoms. The van der Waals surface area contributed by atoms with Crippen LogP contribution in [-0.2, 0) is 0 Å². The van der Waals surface area contributed by atoms with E-state index in [4.69, 9.17) is 0 Å². The quantitative estimate of drug-likeness (QED) is 0.852. The highest BCUT2D eigenvalue weighted by molar-refractivity contribution is 5.41. The number of hydrogen-bond acceptors (Lipinski definition) is 4. The zero-order valence-corrected chi connectivity index (χ0v) is 12.1. The summed E-state index contributed by atoms with van der Waals surface area (Å²) in [5.74, 6) is 1.40. The zero-order valence-electron chi connectivity index (χ0n) is 12.1. The molecule has 1 aliphatic heterocycles. The number of aliphatic hydroxyl groups excluding tert-OH is 1. The minimum absolute atomic E-state index is 0.224. The third-order valence-electron chi connectivity index (χ3n) is 4.01. The summed E-state index contributed by atoms with van der Waals surface area (Å²) >= 11 is 0. The molecular formula is C15H25N3O. The van der Waals surface area contributed by atoms with Crippen LogP contribution in [-0.4, -0.2) is 35.8 Å². The number of nitrogens with one attached hydrogen (secondary N) is 1. The lowest BCUT2D eigenvalue weighted by Gasteiger charge is -2.19. The Hall–Kier alpha value is -1.13. The SMILES string of the molecule is CCNC(C)c1ccc(N2CCC(C(C)O)C2)nc1. The van der Waals surface area contributed by atoms with Gasteiger partial charge >= 0.3 is 0 Å². The van der Waals surface area contributed by atoms with Gasteiger partial charge in [0.05, 0.1) is 6.10 Å². The van der Waals surface area contributed by atoms with Gasteiger partial charge in [0.25, 0.3) is 0 Å². The molecule has 106 valence electrons. The molecule has 3 unspecified atom stereocenters. The predicted molar refractivity (Wildman–Crippen MR) is 78.3 cm³/mol. The molecule has 2 heterocycles. The highest BCUT2D eigenvalue weighted by atomic mass is 16.3. The maximum absolute atomic E-state index is 9.64. The van der Waals surface area contributed by atoms with E-state index in [0.717, 1.165) is 31.9 Å². The molecule has 0 aromatic carbocycles. The topological polar surface area (TPSA) is 48.4 Å². The molecule has 2 rings (SSSR count). The molecule has 1 aromatic heterocycles. The summed E-state index contributed by atoms with van der Waals surface area (Å²) in [6.45, 7) is 9.00. The van der Waals surface area contributed by atoms with Crippen molar-refractivity contribution in [1.82, 2.24) is 10.3 Å². The molecule has 0 spiro atoms. The van der Waals surface area contributed by atoms with Gasteiger partial charge in [0.2, 0.25) is 0 Å². The van der Waals surface area contributed by atoms with E-state index in [1.165, 1.54) is 5.56 Å². The van der Waals surface area contributed by atoms with Crippen molar-refractivity contribution < 1.29 is 5.11 Å². The van der Waals surface area contributed by atoms with E-state index in [1.54, 1.807) is 0 Å². The molecule has 0 aliphatic carbocycles. The second-order valence-corrected chi connectivity index (χ2v) is 5.46. The number of hydrogen-bond donors (Lipinski definition) is 2. The first-order chi connectivity index (χ1) is 9.11. The van der Waals surface area contributed by atoms with Crippen LogP contribution in [0.1, 0.15) is 38.8 Å². The van der Waals surface area contributed by atoms with Gasteiger partial charge in [0.15, 0.2) is 0 Å². The van der Waals surface area contributed by atoms with E-state index in [1.807, 2.05) is 13.1 Å². The van der Waals surface area contributed by atoms with Gasteiger partial charge in [-0.05, 0) is 38.4 Å². The molecular weight excluding hydrogens is 238 g/mol. The Kier molecular flexibility index (Phi) is 4.77. The zero-order chi connectivity index (χ0) is 13.8. The smallest absolute Gasteiger partial charge is 0.128 e. The minimum Gasteiger partial charge on any atom is -0.393 e. The third-order valence-corrected chi connectivity index (χ3v) is 4.01. The molecule has 2 N–H and O–H groups in total. The summed E-state index contributed by atoms with van der Waals surface area (Å²) in [6, 6.07) is 4.58. The molecule has 1 aliphatic rings. The summed E-state index contributed by atoms with van der Waals surface area (Å²) in [5, 5.41) is 13.0. The molecule has 0 radical (unpaired) electrons. The first kappa shape index (κ1) is 14.3. The number of anilines is 1. The van der Waals surface area contributed by atoms with Crippen molar-refractivity contribution >= 4 is 5.82 Å². The maximum atomic E-state index is 9.64. The fraction of sp³-hybridized carbons (Fsp3) is 0.667. The van der Waals surface area contributed by atoms with Crippen molar-refractivity contribution in [1.29, 1.82) is 0 Å². The van der Waals surface area contributed by atoms with Crippen molar-refractivity contribution in [2.45, 2.75) is 39.3 Å². The average molecular weight is 263 g/mol. The van der Waals surface area contributed by atoms with Crippen molar-refractivity contribution in [3.63, 3.8) is 0 Å². The molecule has 0 amide bonds. The molecule has 4 heteroatoms. The van der Waals surface area contributed by atoms with Crippen LogP contribution in [0.5, 0.6) is 0 Å². The second kappa shape index (κ2) is 6.35. The lowest BCUT2D eigenvalue weighted by Crippen LogP contribution is -2.24. The van der Waals surface area contributed by atoms with E-state index >= 15 is 0 Å². The predicted octanol–water partition coefficient (Wildman–Crippen LogP) is 1.96. The Balaban J connectivity index is 1.99. The molecule has 1 aromatic rings. The third kappa shape index (κ3) is 3.45. The monoisotopic (exact) mass is 263 g/mol. The molecule has 1 fully saturated rings. The van der Waals surface area contributed by atoms with Gasteiger partial charge < -0.3 is 15.3 Å². The lowest BCUT2D eigenvalue weighted by atomic mass is 10.0. The Labute approximate surface area is 115 Å². The molecule has 0 saturated carbocycles. The first-order valence-corrected chi connectivity index (χ1v) is 7.24. The minimum atomic E-state index is -0.224. The number of aromatic nitrogens is 1. The van der Waals surface area contributed by atoms with Crippen LogP contribution >= 0.6 is 0 Å². The van der Waals surface area contributed by atoms with Crippen molar-refractivity contribution in [3.8, 4) is 0 Å². The van der Waals surface area contributed by atoms with Crippen molar-refractivity contribution in [3.05, 3.63) is 23.9 Å². The van der Waals surface area contributed by atoms with Gasteiger partial charge in [0.1, 0.15) is 5.82 Å². The van der Waals surface area contributed by atoms with Crippen LogP contribution < -0.4 is 10.2 Å². The van der Waals surface area contributed by atoms with Gasteiger partial charge in [-0.25, -0.2) is 4.98 Å². The summed E-state index contributed by atoms with van der Waals surface area (Å²) in [5.41, 5.74) is 1.22. The highest BCUT2D eigenvalue weighted by Gasteiger charge is 2.26. The second-order valence-electron chi connectivity index (χ2n) is 5.46. The number of nitrogens with zero attached hydrogens (tertiary/aromatic N) is 2. The normalized spacial score (nSPS) is 22.5. The lowest BCUT2D eigenvalue weighted by molar-refractivity contribution is 0.136. The van der Waals surface area contributed by atoms with Crippen LogP contribution in [0.3, 0.4) is 0 Å². The van der Waals surface area contributed by atoms with Crippen LogP contribution in [0.15, 0.2) is 18.3 Å². The van der Waals surface area contributed by atoms with Crippen LogP contribution in [0, 0.1) is 5.92 Å². The summed E-state index contributed by atoms with van der Waals surface area (Å²) in [4.78, 5) is 6.83. The van der Waals surface area contributed by atoms with Crippen LogP contribution in [0.4, 0.5) is 5.82 Å². The summed E-state index contributed by atoms with van der Waals surface area (Å²) in [7, 11) is 0. The number of rotatable bonds is 5. The summed E-state index contributed by atoms with van der Waals surface area (Å²) in [6.07, 6.45) is 2.78. The Bertz CT molecular complexity index is 391. The molecule has 1 saturated heterocycles. The Morgan fingerprint density at radius 3 is 2.79 bits per heavy atom. The van der Waals surface area contributed by atoms with E-state index in [9.17, 15) is 5.11 Å². The maximum Gasteiger partial charge on any atom is 0.128 e. The van der Waals surface area contributed by atoms with Crippen LogP contribution in [0.2, 0.25) is 0 Å². The van der Waals surface area contributed by atoms with E-state index < -0.39 is 0 Å². The Morgan fingerprint density at radius 1 is 1.47 bits per heavy atom. The first-order valence-electron chi connectivity index (χ1n) is 7.24. The van der Waals surface area contributed by atoms with Crippen molar-refractivity contribution in [2.24, 2.45) is 5.92 Å². The fourth-order valence-electron chi connectivity index (χ4n) is 2.65. The Morgan fingerprint density at radius 2 is 2.26 bits per heavy atom. The van der Waals surface area contributed by atoms with Gasteiger partial charge in [0, 0.05) is 31.2 Å². The average Bonchev–Trinajstić information content (AvgIpc) is 2.89. The van der Waals surface area contributed by atoms with E-state index in [0.29, 0.717) is 12.0 Å². The largest absolute Gasteiger partial charge is 0.393 e. The van der Waals surface area contributed by atoms with Gasteiger partial charge in [-0.2, -0.15) is 0 Å². The number of pyridine rings is 1. The van der Waals surface area contributed by atoms with E-state index in [2.05, 4.69) is 41.2 Å².